The molecule has 0 spiro atoms. The SMILES string of the molecule is CCOC1CC(NCc2cccc(CO)c2)C1(C)C. The average molecular weight is 263 g/mol. The highest BCUT2D eigenvalue weighted by molar-refractivity contribution is 5.23. The van der Waals surface area contributed by atoms with Crippen molar-refractivity contribution >= 4 is 0 Å². The van der Waals surface area contributed by atoms with E-state index in [-0.39, 0.29) is 12.0 Å². The Hall–Kier alpha value is -0.900. The summed E-state index contributed by atoms with van der Waals surface area (Å²) in [5.74, 6) is 0. The van der Waals surface area contributed by atoms with Gasteiger partial charge in [-0.25, -0.2) is 0 Å². The summed E-state index contributed by atoms with van der Waals surface area (Å²) in [6.07, 6.45) is 1.46. The van der Waals surface area contributed by atoms with E-state index in [0.717, 1.165) is 25.1 Å². The molecule has 3 nitrogen and oxygen atoms in total. The molecule has 0 aromatic heterocycles. The van der Waals surface area contributed by atoms with E-state index in [0.29, 0.717) is 12.1 Å². The Morgan fingerprint density at radius 2 is 2.11 bits per heavy atom. The third-order valence-corrected chi connectivity index (χ3v) is 4.27. The van der Waals surface area contributed by atoms with E-state index in [9.17, 15) is 0 Å². The van der Waals surface area contributed by atoms with Crippen LogP contribution in [-0.4, -0.2) is 23.9 Å². The molecule has 3 heteroatoms. The lowest BCUT2D eigenvalue weighted by molar-refractivity contribution is -0.114. The number of aliphatic hydroxyl groups is 1. The summed E-state index contributed by atoms with van der Waals surface area (Å²) < 4.78 is 5.74. The van der Waals surface area contributed by atoms with Crippen LogP contribution in [0.2, 0.25) is 0 Å². The van der Waals surface area contributed by atoms with Gasteiger partial charge >= 0.3 is 0 Å². The summed E-state index contributed by atoms with van der Waals surface area (Å²) in [6, 6.07) is 8.59. The highest BCUT2D eigenvalue weighted by Crippen LogP contribution is 2.42. The van der Waals surface area contributed by atoms with Crippen LogP contribution in [0.1, 0.15) is 38.3 Å². The number of rotatable bonds is 6. The summed E-state index contributed by atoms with van der Waals surface area (Å²) in [5, 5.41) is 12.7. The van der Waals surface area contributed by atoms with Crippen molar-refractivity contribution in [1.82, 2.24) is 5.32 Å². The summed E-state index contributed by atoms with van der Waals surface area (Å²) in [4.78, 5) is 0. The van der Waals surface area contributed by atoms with Crippen molar-refractivity contribution in [3.8, 4) is 0 Å². The minimum atomic E-state index is 0.106. The number of nitrogens with one attached hydrogen (secondary N) is 1. The number of hydrogen-bond acceptors (Lipinski definition) is 3. The fourth-order valence-electron chi connectivity index (χ4n) is 2.79. The summed E-state index contributed by atoms with van der Waals surface area (Å²) >= 11 is 0. The van der Waals surface area contributed by atoms with Gasteiger partial charge in [0.2, 0.25) is 0 Å². The average Bonchev–Trinajstić information content (AvgIpc) is 2.42. The van der Waals surface area contributed by atoms with Crippen LogP contribution in [0.5, 0.6) is 0 Å². The van der Waals surface area contributed by atoms with Crippen molar-refractivity contribution in [2.24, 2.45) is 5.41 Å². The first-order chi connectivity index (χ1) is 9.07. The van der Waals surface area contributed by atoms with Crippen LogP contribution in [0.25, 0.3) is 0 Å². The molecule has 0 bridgehead atoms. The largest absolute Gasteiger partial charge is 0.392 e. The molecule has 0 heterocycles. The maximum Gasteiger partial charge on any atom is 0.0681 e. The van der Waals surface area contributed by atoms with Gasteiger partial charge in [0.05, 0.1) is 12.7 Å². The van der Waals surface area contributed by atoms with Gasteiger partial charge in [0.1, 0.15) is 0 Å². The number of benzene rings is 1. The molecule has 1 aromatic rings. The van der Waals surface area contributed by atoms with Gasteiger partial charge < -0.3 is 15.2 Å². The molecular formula is C16H25NO2. The first-order valence-electron chi connectivity index (χ1n) is 7.11. The first-order valence-corrected chi connectivity index (χ1v) is 7.11. The van der Waals surface area contributed by atoms with Gasteiger partial charge in [0, 0.05) is 24.6 Å². The minimum absolute atomic E-state index is 0.106. The topological polar surface area (TPSA) is 41.5 Å². The first kappa shape index (κ1) is 14.5. The molecule has 2 N–H and O–H groups in total. The predicted octanol–water partition coefficient (Wildman–Crippen LogP) is 2.47. The van der Waals surface area contributed by atoms with Crippen LogP contribution < -0.4 is 5.32 Å². The monoisotopic (exact) mass is 263 g/mol. The van der Waals surface area contributed by atoms with Crippen LogP contribution in [0.3, 0.4) is 0 Å². The third-order valence-electron chi connectivity index (χ3n) is 4.27. The molecule has 1 fully saturated rings. The molecule has 1 aromatic carbocycles. The van der Waals surface area contributed by atoms with Crippen molar-refractivity contribution in [2.45, 2.75) is 52.5 Å². The zero-order chi connectivity index (χ0) is 13.9. The lowest BCUT2D eigenvalue weighted by Gasteiger charge is -2.52. The van der Waals surface area contributed by atoms with Gasteiger partial charge in [-0.2, -0.15) is 0 Å². The van der Waals surface area contributed by atoms with E-state index in [4.69, 9.17) is 9.84 Å². The van der Waals surface area contributed by atoms with Crippen LogP contribution >= 0.6 is 0 Å². The fraction of sp³-hybridized carbons (Fsp3) is 0.625. The van der Waals surface area contributed by atoms with Crippen LogP contribution in [0, 0.1) is 5.41 Å². The maximum atomic E-state index is 9.14. The van der Waals surface area contributed by atoms with Crippen molar-refractivity contribution < 1.29 is 9.84 Å². The molecular weight excluding hydrogens is 238 g/mol. The second-order valence-electron chi connectivity index (χ2n) is 5.91. The molecule has 106 valence electrons. The van der Waals surface area contributed by atoms with Crippen LogP contribution in [0.15, 0.2) is 24.3 Å². The second-order valence-corrected chi connectivity index (χ2v) is 5.91. The van der Waals surface area contributed by atoms with E-state index in [1.54, 1.807) is 0 Å². The zero-order valence-corrected chi connectivity index (χ0v) is 12.1. The quantitative estimate of drug-likeness (QED) is 0.828. The lowest BCUT2D eigenvalue weighted by Crippen LogP contribution is -2.60. The Morgan fingerprint density at radius 1 is 1.37 bits per heavy atom. The molecule has 2 unspecified atom stereocenters. The second kappa shape index (κ2) is 6.04. The van der Waals surface area contributed by atoms with Gasteiger partial charge in [-0.3, -0.25) is 0 Å². The Bertz CT molecular complexity index is 417. The number of ether oxygens (including phenoxy) is 1. The normalized spacial score (nSPS) is 25.1. The predicted molar refractivity (Wildman–Crippen MR) is 76.8 cm³/mol. The van der Waals surface area contributed by atoms with Crippen molar-refractivity contribution in [3.05, 3.63) is 35.4 Å². The molecule has 0 aliphatic heterocycles. The Morgan fingerprint density at radius 3 is 2.74 bits per heavy atom. The van der Waals surface area contributed by atoms with Crippen LogP contribution in [0.4, 0.5) is 0 Å². The van der Waals surface area contributed by atoms with Crippen molar-refractivity contribution in [2.75, 3.05) is 6.61 Å². The number of aliphatic hydroxyl groups excluding tert-OH is 1. The van der Waals surface area contributed by atoms with E-state index in [2.05, 4.69) is 38.2 Å². The van der Waals surface area contributed by atoms with E-state index in [1.165, 1.54) is 5.56 Å². The Labute approximate surface area is 116 Å². The molecule has 0 amide bonds. The van der Waals surface area contributed by atoms with Gasteiger partial charge in [-0.15, -0.1) is 0 Å². The molecule has 2 atom stereocenters. The molecule has 0 radical (unpaired) electrons. The molecule has 1 aliphatic carbocycles. The Kier molecular flexibility index (Phi) is 4.61. The van der Waals surface area contributed by atoms with Crippen LogP contribution in [-0.2, 0) is 17.9 Å². The zero-order valence-electron chi connectivity index (χ0n) is 12.1. The molecule has 1 saturated carbocycles. The lowest BCUT2D eigenvalue weighted by atomic mass is 9.64. The van der Waals surface area contributed by atoms with Crippen molar-refractivity contribution in [3.63, 3.8) is 0 Å². The molecule has 19 heavy (non-hydrogen) atoms. The highest BCUT2D eigenvalue weighted by atomic mass is 16.5. The summed E-state index contributed by atoms with van der Waals surface area (Å²) in [6.45, 7) is 8.32. The molecule has 0 saturated heterocycles. The summed E-state index contributed by atoms with van der Waals surface area (Å²) in [7, 11) is 0. The minimum Gasteiger partial charge on any atom is -0.392 e. The standard InChI is InChI=1S/C16H25NO2/c1-4-19-15-9-14(16(15,2)3)17-10-12-6-5-7-13(8-12)11-18/h5-8,14-15,17-18H,4,9-11H2,1-3H3. The molecule has 2 rings (SSSR count). The van der Waals surface area contributed by atoms with Gasteiger partial charge in [-0.05, 0) is 24.5 Å². The third kappa shape index (κ3) is 3.16. The Balaban J connectivity index is 1.86. The maximum absolute atomic E-state index is 9.14. The van der Waals surface area contributed by atoms with Gasteiger partial charge in [0.25, 0.3) is 0 Å². The fourth-order valence-corrected chi connectivity index (χ4v) is 2.79. The smallest absolute Gasteiger partial charge is 0.0681 e. The van der Waals surface area contributed by atoms with E-state index in [1.807, 2.05) is 12.1 Å². The summed E-state index contributed by atoms with van der Waals surface area (Å²) in [5.41, 5.74) is 2.39. The van der Waals surface area contributed by atoms with Gasteiger partial charge in [0.15, 0.2) is 0 Å². The van der Waals surface area contributed by atoms with Gasteiger partial charge in [-0.1, -0.05) is 38.1 Å². The number of hydrogen-bond donors (Lipinski definition) is 2. The molecule has 1 aliphatic rings. The van der Waals surface area contributed by atoms with E-state index >= 15 is 0 Å². The van der Waals surface area contributed by atoms with Crippen molar-refractivity contribution in [1.29, 1.82) is 0 Å². The van der Waals surface area contributed by atoms with E-state index < -0.39 is 0 Å². The highest BCUT2D eigenvalue weighted by Gasteiger charge is 2.48.